The van der Waals surface area contributed by atoms with Gasteiger partial charge in [0.2, 0.25) is 5.91 Å². The Morgan fingerprint density at radius 1 is 1.21 bits per heavy atom. The van der Waals surface area contributed by atoms with Gasteiger partial charge < -0.3 is 0 Å². The molecular formula is C8H2N4O2. The van der Waals surface area contributed by atoms with Crippen molar-refractivity contribution in [3.8, 4) is 18.2 Å². The van der Waals surface area contributed by atoms with Crippen LogP contribution in [-0.2, 0) is 9.59 Å². The van der Waals surface area contributed by atoms with E-state index in [1.807, 2.05) is 5.32 Å². The molecule has 14 heavy (non-hydrogen) atoms. The highest BCUT2D eigenvalue weighted by molar-refractivity contribution is 6.17. The number of imide groups is 1. The molecule has 0 saturated carbocycles. The number of hydrogen-bond donors (Lipinski definition) is 1. The van der Waals surface area contributed by atoms with E-state index in [0.717, 1.165) is 0 Å². The minimum absolute atomic E-state index is 0.359. The van der Waals surface area contributed by atoms with Gasteiger partial charge in [-0.15, -0.1) is 0 Å². The summed E-state index contributed by atoms with van der Waals surface area (Å²) in [5, 5.41) is 27.4. The molecule has 1 heterocycles. The molecule has 0 spiro atoms. The molecule has 1 rings (SSSR count). The number of allylic oxidation sites excluding steroid dienone is 1. The minimum atomic E-state index is -1.35. The van der Waals surface area contributed by atoms with E-state index in [4.69, 9.17) is 15.8 Å². The fourth-order valence-corrected chi connectivity index (χ4v) is 1.04. The Bertz CT molecular complexity index is 453. The smallest absolute Gasteiger partial charge is 0.257 e. The molecule has 66 valence electrons. The van der Waals surface area contributed by atoms with Crippen molar-refractivity contribution in [1.82, 2.24) is 5.32 Å². The molecule has 0 radical (unpaired) electrons. The Morgan fingerprint density at radius 2 is 1.79 bits per heavy atom. The van der Waals surface area contributed by atoms with Crippen LogP contribution in [0.2, 0.25) is 0 Å². The molecule has 0 aromatic rings. The standard InChI is InChI=1S/C8H2N4O2/c9-1-4(2-10)6-5(3-11)7(13)12-8(6)14/h5H,(H,12,13,14). The van der Waals surface area contributed by atoms with Crippen LogP contribution < -0.4 is 5.32 Å². The number of carbonyl (C=O) groups is 2. The average Bonchev–Trinajstić information content (AvgIpc) is 2.44. The lowest BCUT2D eigenvalue weighted by molar-refractivity contribution is -0.125. The second-order valence-electron chi connectivity index (χ2n) is 2.39. The van der Waals surface area contributed by atoms with Crippen molar-refractivity contribution < 1.29 is 9.59 Å². The summed E-state index contributed by atoms with van der Waals surface area (Å²) in [4.78, 5) is 22.0. The van der Waals surface area contributed by atoms with Crippen LogP contribution in [0, 0.1) is 39.9 Å². The molecule has 1 aliphatic heterocycles. The van der Waals surface area contributed by atoms with E-state index in [0.29, 0.717) is 0 Å². The van der Waals surface area contributed by atoms with Crippen molar-refractivity contribution in [3.63, 3.8) is 0 Å². The third kappa shape index (κ3) is 1.20. The van der Waals surface area contributed by atoms with Crippen LogP contribution in [0.5, 0.6) is 0 Å². The number of rotatable bonds is 0. The average molecular weight is 186 g/mol. The van der Waals surface area contributed by atoms with Crippen LogP contribution >= 0.6 is 0 Å². The van der Waals surface area contributed by atoms with Crippen molar-refractivity contribution >= 4 is 11.8 Å². The number of amides is 2. The fourth-order valence-electron chi connectivity index (χ4n) is 1.04. The summed E-state index contributed by atoms with van der Waals surface area (Å²) in [7, 11) is 0. The lowest BCUT2D eigenvalue weighted by Crippen LogP contribution is -2.21. The molecular weight excluding hydrogens is 184 g/mol. The molecule has 0 aliphatic carbocycles. The van der Waals surface area contributed by atoms with E-state index < -0.39 is 23.3 Å². The quantitative estimate of drug-likeness (QED) is 0.299. The number of carbonyl (C=O) groups excluding carboxylic acids is 2. The highest BCUT2D eigenvalue weighted by Crippen LogP contribution is 2.20. The lowest BCUT2D eigenvalue weighted by Gasteiger charge is -1.94. The zero-order valence-electron chi connectivity index (χ0n) is 6.74. The molecule has 2 amide bonds. The van der Waals surface area contributed by atoms with Gasteiger partial charge in [-0.05, 0) is 0 Å². The van der Waals surface area contributed by atoms with Crippen molar-refractivity contribution in [2.45, 2.75) is 0 Å². The first-order valence-electron chi connectivity index (χ1n) is 3.45. The topological polar surface area (TPSA) is 118 Å². The molecule has 0 bridgehead atoms. The fraction of sp³-hybridized carbons (Fsp3) is 0.125. The summed E-state index contributed by atoms with van der Waals surface area (Å²) in [6, 6.07) is 4.48. The zero-order valence-corrected chi connectivity index (χ0v) is 6.74. The third-order valence-corrected chi connectivity index (χ3v) is 1.65. The lowest BCUT2D eigenvalue weighted by atomic mass is 9.99. The maximum atomic E-state index is 11.1. The first-order valence-corrected chi connectivity index (χ1v) is 3.45. The van der Waals surface area contributed by atoms with Gasteiger partial charge in [-0.3, -0.25) is 14.9 Å². The maximum absolute atomic E-state index is 11.1. The Balaban J connectivity index is 3.38. The Labute approximate surface area is 78.6 Å². The SMILES string of the molecule is N#CC(C#N)=C1C(=O)NC(=O)C1C#N. The van der Waals surface area contributed by atoms with Crippen LogP contribution in [0.1, 0.15) is 0 Å². The predicted octanol–water partition coefficient (Wildman–Crippen LogP) is -0.874. The highest BCUT2D eigenvalue weighted by atomic mass is 16.2. The van der Waals surface area contributed by atoms with Crippen LogP contribution in [0.25, 0.3) is 0 Å². The first-order chi connectivity index (χ1) is 6.65. The maximum Gasteiger partial charge on any atom is 0.257 e. The summed E-state index contributed by atoms with van der Waals surface area (Å²) in [6.07, 6.45) is 0. The Kier molecular flexibility index (Phi) is 2.28. The normalized spacial score (nSPS) is 19.2. The highest BCUT2D eigenvalue weighted by Gasteiger charge is 2.39. The van der Waals surface area contributed by atoms with Gasteiger partial charge >= 0.3 is 0 Å². The molecule has 1 saturated heterocycles. The van der Waals surface area contributed by atoms with Crippen LogP contribution in [-0.4, -0.2) is 11.8 Å². The molecule has 1 atom stereocenters. The van der Waals surface area contributed by atoms with Crippen molar-refractivity contribution in [2.75, 3.05) is 0 Å². The number of hydrogen-bond acceptors (Lipinski definition) is 5. The van der Waals surface area contributed by atoms with Gasteiger partial charge in [0.05, 0.1) is 11.6 Å². The Hall–Kier alpha value is -2.65. The summed E-state index contributed by atoms with van der Waals surface area (Å²) in [5.41, 5.74) is -0.859. The summed E-state index contributed by atoms with van der Waals surface area (Å²) < 4.78 is 0. The number of nitrogens with one attached hydrogen (secondary N) is 1. The van der Waals surface area contributed by atoms with Gasteiger partial charge in [0, 0.05) is 0 Å². The molecule has 1 fully saturated rings. The number of nitriles is 3. The summed E-state index contributed by atoms with van der Waals surface area (Å²) >= 11 is 0. The zero-order chi connectivity index (χ0) is 10.7. The van der Waals surface area contributed by atoms with E-state index in [2.05, 4.69) is 0 Å². The largest absolute Gasteiger partial charge is 0.291 e. The summed E-state index contributed by atoms with van der Waals surface area (Å²) in [5.74, 6) is -2.99. The molecule has 0 aromatic heterocycles. The van der Waals surface area contributed by atoms with E-state index in [1.165, 1.54) is 12.1 Å². The van der Waals surface area contributed by atoms with Gasteiger partial charge in [0.25, 0.3) is 5.91 Å². The first kappa shape index (κ1) is 9.44. The van der Waals surface area contributed by atoms with E-state index in [9.17, 15) is 9.59 Å². The summed E-state index contributed by atoms with van der Waals surface area (Å²) in [6.45, 7) is 0. The Morgan fingerprint density at radius 3 is 2.21 bits per heavy atom. The third-order valence-electron chi connectivity index (χ3n) is 1.65. The van der Waals surface area contributed by atoms with Crippen LogP contribution in [0.3, 0.4) is 0 Å². The molecule has 6 nitrogen and oxygen atoms in total. The number of nitrogens with zero attached hydrogens (tertiary/aromatic N) is 3. The monoisotopic (exact) mass is 186 g/mol. The second kappa shape index (κ2) is 3.38. The van der Waals surface area contributed by atoms with Gasteiger partial charge in [-0.1, -0.05) is 0 Å². The van der Waals surface area contributed by atoms with Gasteiger partial charge in [0.1, 0.15) is 17.7 Å². The molecule has 0 aromatic carbocycles. The van der Waals surface area contributed by atoms with Crippen molar-refractivity contribution in [2.24, 2.45) is 5.92 Å². The van der Waals surface area contributed by atoms with Crippen LogP contribution in [0.15, 0.2) is 11.1 Å². The van der Waals surface area contributed by atoms with Crippen molar-refractivity contribution in [3.05, 3.63) is 11.1 Å². The van der Waals surface area contributed by atoms with Gasteiger partial charge in [0.15, 0.2) is 5.92 Å². The van der Waals surface area contributed by atoms with Crippen LogP contribution in [0.4, 0.5) is 0 Å². The van der Waals surface area contributed by atoms with E-state index >= 15 is 0 Å². The minimum Gasteiger partial charge on any atom is -0.291 e. The molecule has 1 N–H and O–H groups in total. The molecule has 1 aliphatic rings. The molecule has 1 unspecified atom stereocenters. The second-order valence-corrected chi connectivity index (χ2v) is 2.39. The van der Waals surface area contributed by atoms with Crippen molar-refractivity contribution in [1.29, 1.82) is 15.8 Å². The van der Waals surface area contributed by atoms with E-state index in [-0.39, 0.29) is 5.57 Å². The molecule has 6 heteroatoms. The van der Waals surface area contributed by atoms with Gasteiger partial charge in [-0.2, -0.15) is 15.8 Å². The van der Waals surface area contributed by atoms with Gasteiger partial charge in [-0.25, -0.2) is 0 Å². The predicted molar refractivity (Wildman–Crippen MR) is 40.5 cm³/mol. The van der Waals surface area contributed by atoms with E-state index in [1.54, 1.807) is 6.07 Å².